The SMILES string of the molecule is CC(C)CC(CNC(=O)C1=Cc2ccccc2OC1)N1CCOCC1. The van der Waals surface area contributed by atoms with Crippen molar-refractivity contribution in [2.24, 2.45) is 5.92 Å². The summed E-state index contributed by atoms with van der Waals surface area (Å²) >= 11 is 0. The van der Waals surface area contributed by atoms with Crippen LogP contribution in [0.2, 0.25) is 0 Å². The van der Waals surface area contributed by atoms with Gasteiger partial charge in [-0.05, 0) is 24.5 Å². The Morgan fingerprint density at radius 3 is 2.76 bits per heavy atom. The second kappa shape index (κ2) is 8.50. The predicted octanol–water partition coefficient (Wildman–Crippen LogP) is 2.33. The molecule has 1 saturated heterocycles. The van der Waals surface area contributed by atoms with Crippen molar-refractivity contribution in [2.75, 3.05) is 39.5 Å². The average Bonchev–Trinajstić information content (AvgIpc) is 2.65. The predicted molar refractivity (Wildman–Crippen MR) is 98.6 cm³/mol. The molecule has 25 heavy (non-hydrogen) atoms. The highest BCUT2D eigenvalue weighted by atomic mass is 16.5. The van der Waals surface area contributed by atoms with Crippen LogP contribution < -0.4 is 10.1 Å². The van der Waals surface area contributed by atoms with Crippen LogP contribution in [0.15, 0.2) is 29.8 Å². The topological polar surface area (TPSA) is 50.8 Å². The Balaban J connectivity index is 1.60. The lowest BCUT2D eigenvalue weighted by molar-refractivity contribution is -0.118. The molecule has 0 bridgehead atoms. The summed E-state index contributed by atoms with van der Waals surface area (Å²) in [4.78, 5) is 15.0. The van der Waals surface area contributed by atoms with Gasteiger partial charge in [0, 0.05) is 31.2 Å². The van der Waals surface area contributed by atoms with Crippen LogP contribution in [0, 0.1) is 5.92 Å². The molecule has 1 unspecified atom stereocenters. The summed E-state index contributed by atoms with van der Waals surface area (Å²) in [6.45, 7) is 8.87. The lowest BCUT2D eigenvalue weighted by Crippen LogP contribution is -2.49. The summed E-state index contributed by atoms with van der Waals surface area (Å²) in [5, 5.41) is 3.12. The van der Waals surface area contributed by atoms with Gasteiger partial charge in [0.25, 0.3) is 5.91 Å². The van der Waals surface area contributed by atoms with Crippen LogP contribution in [0.5, 0.6) is 5.75 Å². The lowest BCUT2D eigenvalue weighted by atomic mass is 10.0. The summed E-state index contributed by atoms with van der Waals surface area (Å²) in [5.41, 5.74) is 1.65. The molecule has 0 aromatic heterocycles. The molecule has 2 heterocycles. The number of amides is 1. The number of fused-ring (bicyclic) bond motifs is 1. The van der Waals surface area contributed by atoms with Crippen LogP contribution in [0.3, 0.4) is 0 Å². The molecule has 5 nitrogen and oxygen atoms in total. The highest BCUT2D eigenvalue weighted by Gasteiger charge is 2.24. The molecule has 0 spiro atoms. The van der Waals surface area contributed by atoms with E-state index >= 15 is 0 Å². The number of hydrogen-bond acceptors (Lipinski definition) is 4. The summed E-state index contributed by atoms with van der Waals surface area (Å²) in [7, 11) is 0. The first-order chi connectivity index (χ1) is 12.1. The van der Waals surface area contributed by atoms with Gasteiger partial charge >= 0.3 is 0 Å². The fourth-order valence-electron chi connectivity index (χ4n) is 3.42. The molecule has 3 rings (SSSR count). The number of rotatable bonds is 6. The van der Waals surface area contributed by atoms with Gasteiger partial charge in [-0.3, -0.25) is 9.69 Å². The van der Waals surface area contributed by atoms with Gasteiger partial charge < -0.3 is 14.8 Å². The van der Waals surface area contributed by atoms with E-state index in [0.717, 1.165) is 44.0 Å². The van der Waals surface area contributed by atoms with E-state index in [0.29, 0.717) is 30.7 Å². The molecule has 0 saturated carbocycles. The molecule has 136 valence electrons. The van der Waals surface area contributed by atoms with Gasteiger partial charge in [0.2, 0.25) is 0 Å². The van der Waals surface area contributed by atoms with Crippen molar-refractivity contribution in [1.29, 1.82) is 0 Å². The Hall–Kier alpha value is -1.85. The van der Waals surface area contributed by atoms with Gasteiger partial charge in [0.05, 0.1) is 18.8 Å². The average molecular weight is 344 g/mol. The van der Waals surface area contributed by atoms with E-state index in [9.17, 15) is 4.79 Å². The zero-order valence-corrected chi connectivity index (χ0v) is 15.2. The van der Waals surface area contributed by atoms with Gasteiger partial charge in [-0.25, -0.2) is 0 Å². The molecule has 1 aromatic carbocycles. The van der Waals surface area contributed by atoms with Gasteiger partial charge in [-0.1, -0.05) is 32.0 Å². The molecular formula is C20H28N2O3. The van der Waals surface area contributed by atoms with E-state index < -0.39 is 0 Å². The molecule has 1 amide bonds. The van der Waals surface area contributed by atoms with E-state index in [-0.39, 0.29) is 5.91 Å². The van der Waals surface area contributed by atoms with Crippen molar-refractivity contribution < 1.29 is 14.3 Å². The van der Waals surface area contributed by atoms with E-state index in [1.807, 2.05) is 30.3 Å². The third-order valence-corrected chi connectivity index (χ3v) is 4.73. The number of carbonyl (C=O) groups excluding carboxylic acids is 1. The Kier molecular flexibility index (Phi) is 6.10. The first kappa shape index (κ1) is 18.0. The Morgan fingerprint density at radius 1 is 1.24 bits per heavy atom. The van der Waals surface area contributed by atoms with E-state index in [2.05, 4.69) is 24.1 Å². The molecule has 1 aromatic rings. The van der Waals surface area contributed by atoms with Crippen molar-refractivity contribution in [1.82, 2.24) is 10.2 Å². The Morgan fingerprint density at radius 2 is 2.00 bits per heavy atom. The summed E-state index contributed by atoms with van der Waals surface area (Å²) in [5.74, 6) is 1.40. The Bertz CT molecular complexity index is 621. The van der Waals surface area contributed by atoms with Crippen LogP contribution in [0.25, 0.3) is 6.08 Å². The quantitative estimate of drug-likeness (QED) is 0.860. The minimum absolute atomic E-state index is 0.0310. The van der Waals surface area contributed by atoms with Crippen molar-refractivity contribution in [3.8, 4) is 5.75 Å². The number of benzene rings is 1. The minimum atomic E-state index is -0.0310. The molecule has 2 aliphatic heterocycles. The molecule has 2 aliphatic rings. The second-order valence-corrected chi connectivity index (χ2v) is 7.14. The summed E-state index contributed by atoms with van der Waals surface area (Å²) < 4.78 is 11.1. The van der Waals surface area contributed by atoms with Crippen molar-refractivity contribution in [2.45, 2.75) is 26.3 Å². The smallest absolute Gasteiger partial charge is 0.250 e. The van der Waals surface area contributed by atoms with Crippen molar-refractivity contribution in [3.63, 3.8) is 0 Å². The number of hydrogen-bond donors (Lipinski definition) is 1. The summed E-state index contributed by atoms with van der Waals surface area (Å²) in [6, 6.07) is 8.15. The molecule has 1 fully saturated rings. The van der Waals surface area contributed by atoms with Crippen LogP contribution in [0.1, 0.15) is 25.8 Å². The highest BCUT2D eigenvalue weighted by Crippen LogP contribution is 2.25. The normalized spacial score (nSPS) is 18.9. The number of nitrogens with one attached hydrogen (secondary N) is 1. The summed E-state index contributed by atoms with van der Waals surface area (Å²) in [6.07, 6.45) is 3.00. The first-order valence-electron chi connectivity index (χ1n) is 9.16. The standard InChI is InChI=1S/C20H28N2O3/c1-15(2)11-18(22-7-9-24-10-8-22)13-21-20(23)17-12-16-5-3-4-6-19(16)25-14-17/h3-6,12,15,18H,7-11,13-14H2,1-2H3,(H,21,23). The minimum Gasteiger partial charge on any atom is -0.488 e. The largest absolute Gasteiger partial charge is 0.488 e. The van der Waals surface area contributed by atoms with Crippen LogP contribution in [-0.2, 0) is 9.53 Å². The second-order valence-electron chi connectivity index (χ2n) is 7.14. The van der Waals surface area contributed by atoms with E-state index in [1.165, 1.54) is 0 Å². The van der Waals surface area contributed by atoms with Crippen molar-refractivity contribution >= 4 is 12.0 Å². The van der Waals surface area contributed by atoms with Crippen LogP contribution in [-0.4, -0.2) is 56.3 Å². The van der Waals surface area contributed by atoms with Crippen LogP contribution >= 0.6 is 0 Å². The number of morpholine rings is 1. The number of nitrogens with zero attached hydrogens (tertiary/aromatic N) is 1. The maximum absolute atomic E-state index is 12.6. The number of carbonyl (C=O) groups is 1. The number of para-hydroxylation sites is 1. The van der Waals surface area contributed by atoms with Crippen LogP contribution in [0.4, 0.5) is 0 Å². The third-order valence-electron chi connectivity index (χ3n) is 4.73. The van der Waals surface area contributed by atoms with Crippen molar-refractivity contribution in [3.05, 3.63) is 35.4 Å². The third kappa shape index (κ3) is 4.83. The lowest BCUT2D eigenvalue weighted by Gasteiger charge is -2.35. The highest BCUT2D eigenvalue weighted by molar-refractivity contribution is 5.99. The monoisotopic (exact) mass is 344 g/mol. The molecule has 5 heteroatoms. The molecule has 0 aliphatic carbocycles. The Labute approximate surface area is 150 Å². The zero-order chi connectivity index (χ0) is 17.6. The molecule has 1 atom stereocenters. The van der Waals surface area contributed by atoms with Gasteiger partial charge in [-0.2, -0.15) is 0 Å². The first-order valence-corrected chi connectivity index (χ1v) is 9.16. The fraction of sp³-hybridized carbons (Fsp3) is 0.550. The van der Waals surface area contributed by atoms with Gasteiger partial charge in [0.1, 0.15) is 12.4 Å². The fourth-order valence-corrected chi connectivity index (χ4v) is 3.42. The van der Waals surface area contributed by atoms with E-state index in [4.69, 9.17) is 9.47 Å². The maximum atomic E-state index is 12.6. The molecule has 1 N–H and O–H groups in total. The number of ether oxygens (including phenoxy) is 2. The zero-order valence-electron chi connectivity index (χ0n) is 15.2. The molecule has 0 radical (unpaired) electrons. The maximum Gasteiger partial charge on any atom is 0.250 e. The van der Waals surface area contributed by atoms with Gasteiger partial charge in [0.15, 0.2) is 0 Å². The van der Waals surface area contributed by atoms with E-state index in [1.54, 1.807) is 0 Å². The van der Waals surface area contributed by atoms with Gasteiger partial charge in [-0.15, -0.1) is 0 Å². The molecular weight excluding hydrogens is 316 g/mol.